The first-order valence-electron chi connectivity index (χ1n) is 9.88. The number of likely N-dealkylation sites (tertiary alicyclic amines) is 1. The van der Waals surface area contributed by atoms with Crippen LogP contribution in [0, 0.1) is 6.92 Å². The molecular weight excluding hydrogens is 364 g/mol. The monoisotopic (exact) mass is 388 g/mol. The van der Waals surface area contributed by atoms with Gasteiger partial charge < -0.3 is 10.2 Å². The van der Waals surface area contributed by atoms with Crippen LogP contribution in [0.15, 0.2) is 60.9 Å². The van der Waals surface area contributed by atoms with Gasteiger partial charge in [-0.1, -0.05) is 12.1 Å². The zero-order valence-corrected chi connectivity index (χ0v) is 16.5. The molecule has 1 N–H and O–H groups in total. The van der Waals surface area contributed by atoms with Crippen molar-refractivity contribution in [2.45, 2.75) is 26.3 Å². The maximum absolute atomic E-state index is 12.5. The zero-order chi connectivity index (χ0) is 20.2. The highest BCUT2D eigenvalue weighted by Gasteiger charge is 2.19. The SMILES string of the molecule is Cc1cnn(-c2ccc(C(=O)NCc3cccc(C(=O)N4CCCC4)c3)cc2)c1. The van der Waals surface area contributed by atoms with E-state index < -0.39 is 0 Å². The van der Waals surface area contributed by atoms with E-state index in [2.05, 4.69) is 10.4 Å². The van der Waals surface area contributed by atoms with Gasteiger partial charge in [0.1, 0.15) is 0 Å². The average molecular weight is 388 g/mol. The zero-order valence-electron chi connectivity index (χ0n) is 16.5. The Morgan fingerprint density at radius 2 is 1.79 bits per heavy atom. The van der Waals surface area contributed by atoms with E-state index in [0.29, 0.717) is 17.7 Å². The number of aromatic nitrogens is 2. The quantitative estimate of drug-likeness (QED) is 0.729. The number of nitrogens with zero attached hydrogens (tertiary/aromatic N) is 3. The van der Waals surface area contributed by atoms with Crippen molar-refractivity contribution in [3.05, 3.63) is 83.2 Å². The lowest BCUT2D eigenvalue weighted by atomic mass is 10.1. The number of amides is 2. The van der Waals surface area contributed by atoms with Crippen LogP contribution in [-0.4, -0.2) is 39.6 Å². The van der Waals surface area contributed by atoms with Gasteiger partial charge in [0.25, 0.3) is 11.8 Å². The molecule has 0 aliphatic carbocycles. The Hall–Kier alpha value is -3.41. The first kappa shape index (κ1) is 18.9. The third kappa shape index (κ3) is 4.37. The second-order valence-corrected chi connectivity index (χ2v) is 7.39. The van der Waals surface area contributed by atoms with E-state index in [4.69, 9.17) is 0 Å². The Morgan fingerprint density at radius 3 is 2.48 bits per heavy atom. The van der Waals surface area contributed by atoms with E-state index in [1.807, 2.05) is 54.4 Å². The number of hydrogen-bond donors (Lipinski definition) is 1. The van der Waals surface area contributed by atoms with Gasteiger partial charge in [-0.25, -0.2) is 4.68 Å². The van der Waals surface area contributed by atoms with Crippen LogP contribution in [0.1, 0.15) is 44.7 Å². The fraction of sp³-hybridized carbons (Fsp3) is 0.261. The van der Waals surface area contributed by atoms with Gasteiger partial charge in [0.2, 0.25) is 0 Å². The molecule has 6 heteroatoms. The second-order valence-electron chi connectivity index (χ2n) is 7.39. The number of nitrogens with one attached hydrogen (secondary N) is 1. The van der Waals surface area contributed by atoms with Gasteiger partial charge in [-0.15, -0.1) is 0 Å². The third-order valence-corrected chi connectivity index (χ3v) is 5.13. The average Bonchev–Trinajstić information content (AvgIpc) is 3.44. The predicted octanol–water partition coefficient (Wildman–Crippen LogP) is 3.35. The molecule has 0 saturated carbocycles. The predicted molar refractivity (Wildman–Crippen MR) is 111 cm³/mol. The molecule has 148 valence electrons. The standard InChI is InChI=1S/C23H24N4O2/c1-17-14-25-27(16-17)21-9-7-19(8-10-21)22(28)24-15-18-5-4-6-20(13-18)23(29)26-11-2-3-12-26/h4-10,13-14,16H,2-3,11-12,15H2,1H3,(H,24,28). The minimum atomic E-state index is -0.149. The van der Waals surface area contributed by atoms with E-state index >= 15 is 0 Å². The summed E-state index contributed by atoms with van der Waals surface area (Å²) >= 11 is 0. The summed E-state index contributed by atoms with van der Waals surface area (Å²) in [6.07, 6.45) is 5.87. The van der Waals surface area contributed by atoms with E-state index in [1.165, 1.54) is 0 Å². The summed E-state index contributed by atoms with van der Waals surface area (Å²) < 4.78 is 1.78. The van der Waals surface area contributed by atoms with Gasteiger partial charge in [0.15, 0.2) is 0 Å². The Balaban J connectivity index is 1.38. The summed E-state index contributed by atoms with van der Waals surface area (Å²) in [7, 11) is 0. The molecule has 6 nitrogen and oxygen atoms in total. The minimum absolute atomic E-state index is 0.0696. The van der Waals surface area contributed by atoms with Crippen LogP contribution in [0.2, 0.25) is 0 Å². The number of carbonyl (C=O) groups is 2. The molecule has 2 heterocycles. The molecule has 2 aromatic carbocycles. The molecule has 0 atom stereocenters. The Kier molecular flexibility index (Phi) is 5.42. The summed E-state index contributed by atoms with van der Waals surface area (Å²) in [5.41, 5.74) is 4.16. The fourth-order valence-electron chi connectivity index (χ4n) is 3.52. The number of rotatable bonds is 5. The van der Waals surface area contributed by atoms with Crippen LogP contribution < -0.4 is 5.32 Å². The summed E-state index contributed by atoms with van der Waals surface area (Å²) in [5, 5.41) is 7.20. The molecule has 2 amide bonds. The van der Waals surface area contributed by atoms with Crippen molar-refractivity contribution < 1.29 is 9.59 Å². The maximum Gasteiger partial charge on any atom is 0.253 e. The van der Waals surface area contributed by atoms with Crippen LogP contribution in [0.25, 0.3) is 5.69 Å². The van der Waals surface area contributed by atoms with Crippen molar-refractivity contribution >= 4 is 11.8 Å². The summed E-state index contributed by atoms with van der Waals surface area (Å²) in [6.45, 7) is 4.01. The number of carbonyl (C=O) groups excluding carboxylic acids is 2. The molecule has 0 unspecified atom stereocenters. The van der Waals surface area contributed by atoms with E-state index in [9.17, 15) is 9.59 Å². The van der Waals surface area contributed by atoms with E-state index in [0.717, 1.165) is 42.7 Å². The number of benzene rings is 2. The van der Waals surface area contributed by atoms with Crippen molar-refractivity contribution in [3.63, 3.8) is 0 Å². The highest BCUT2D eigenvalue weighted by atomic mass is 16.2. The summed E-state index contributed by atoms with van der Waals surface area (Å²) in [4.78, 5) is 26.9. The minimum Gasteiger partial charge on any atom is -0.348 e. The van der Waals surface area contributed by atoms with Gasteiger partial charge >= 0.3 is 0 Å². The van der Waals surface area contributed by atoms with Crippen LogP contribution in [0.4, 0.5) is 0 Å². The number of hydrogen-bond acceptors (Lipinski definition) is 3. The van der Waals surface area contributed by atoms with Crippen molar-refractivity contribution in [2.75, 3.05) is 13.1 Å². The van der Waals surface area contributed by atoms with Gasteiger partial charge in [-0.3, -0.25) is 9.59 Å². The molecule has 0 spiro atoms. The molecule has 29 heavy (non-hydrogen) atoms. The molecule has 0 radical (unpaired) electrons. The first-order valence-corrected chi connectivity index (χ1v) is 9.88. The molecule has 1 aliphatic heterocycles. The van der Waals surface area contributed by atoms with Crippen molar-refractivity contribution in [1.29, 1.82) is 0 Å². The van der Waals surface area contributed by atoms with Crippen LogP contribution in [-0.2, 0) is 6.54 Å². The van der Waals surface area contributed by atoms with Gasteiger partial charge in [-0.2, -0.15) is 5.10 Å². The fourth-order valence-corrected chi connectivity index (χ4v) is 3.52. The highest BCUT2D eigenvalue weighted by Crippen LogP contribution is 2.15. The molecule has 0 bridgehead atoms. The topological polar surface area (TPSA) is 67.2 Å². The molecule has 1 saturated heterocycles. The molecule has 3 aromatic rings. The van der Waals surface area contributed by atoms with Crippen LogP contribution >= 0.6 is 0 Å². The maximum atomic E-state index is 12.5. The molecule has 1 fully saturated rings. The highest BCUT2D eigenvalue weighted by molar-refractivity contribution is 5.95. The Morgan fingerprint density at radius 1 is 1.03 bits per heavy atom. The molecule has 4 rings (SSSR count). The second kappa shape index (κ2) is 8.31. The third-order valence-electron chi connectivity index (χ3n) is 5.13. The van der Waals surface area contributed by atoms with Crippen molar-refractivity contribution in [3.8, 4) is 5.69 Å². The molecular formula is C23H24N4O2. The summed E-state index contributed by atoms with van der Waals surface area (Å²) in [5.74, 6) is -0.0791. The number of aryl methyl sites for hydroxylation is 1. The lowest BCUT2D eigenvalue weighted by molar-refractivity contribution is 0.0792. The Labute approximate surface area is 170 Å². The van der Waals surface area contributed by atoms with Gasteiger partial charge in [0.05, 0.1) is 11.9 Å². The molecule has 1 aromatic heterocycles. The van der Waals surface area contributed by atoms with Gasteiger partial charge in [-0.05, 0) is 67.3 Å². The van der Waals surface area contributed by atoms with Crippen LogP contribution in [0.5, 0.6) is 0 Å². The first-order chi connectivity index (χ1) is 14.1. The molecule has 1 aliphatic rings. The van der Waals surface area contributed by atoms with Crippen molar-refractivity contribution in [2.24, 2.45) is 0 Å². The van der Waals surface area contributed by atoms with Crippen LogP contribution in [0.3, 0.4) is 0 Å². The largest absolute Gasteiger partial charge is 0.348 e. The summed E-state index contributed by atoms with van der Waals surface area (Å²) in [6, 6.07) is 14.8. The lowest BCUT2D eigenvalue weighted by Gasteiger charge is -2.15. The lowest BCUT2D eigenvalue weighted by Crippen LogP contribution is -2.28. The Bertz CT molecular complexity index is 1020. The normalized spacial score (nSPS) is 13.5. The van der Waals surface area contributed by atoms with Crippen molar-refractivity contribution in [1.82, 2.24) is 20.0 Å². The van der Waals surface area contributed by atoms with Gasteiger partial charge in [0, 0.05) is 37.0 Å². The smallest absolute Gasteiger partial charge is 0.253 e. The van der Waals surface area contributed by atoms with E-state index in [1.54, 1.807) is 23.0 Å². The van der Waals surface area contributed by atoms with E-state index in [-0.39, 0.29) is 11.8 Å².